The number of rotatable bonds is 10. The second kappa shape index (κ2) is 13.6. The third-order valence-electron chi connectivity index (χ3n) is 6.43. The van der Waals surface area contributed by atoms with Crippen molar-refractivity contribution in [3.05, 3.63) is 0 Å². The van der Waals surface area contributed by atoms with Gasteiger partial charge in [0.1, 0.15) is 6.04 Å². The summed E-state index contributed by atoms with van der Waals surface area (Å²) in [6.45, 7) is 10.7. The van der Waals surface area contributed by atoms with Gasteiger partial charge in [-0.2, -0.15) is 0 Å². The maximum atomic E-state index is 13.0. The van der Waals surface area contributed by atoms with Crippen LogP contribution in [0, 0.1) is 11.8 Å². The van der Waals surface area contributed by atoms with Crippen LogP contribution in [0.4, 0.5) is 4.79 Å². The first kappa shape index (κ1) is 28.8. The Labute approximate surface area is 209 Å². The molecule has 1 aliphatic carbocycles. The van der Waals surface area contributed by atoms with Crippen molar-refractivity contribution in [2.24, 2.45) is 11.8 Å². The predicted octanol–water partition coefficient (Wildman–Crippen LogP) is 2.89. The number of thioether (sulfide) groups is 1. The molecule has 0 aromatic carbocycles. The predicted molar refractivity (Wildman–Crippen MR) is 138 cm³/mol. The highest BCUT2D eigenvalue weighted by atomic mass is 32.2. The largest absolute Gasteiger partial charge is 0.389 e. The van der Waals surface area contributed by atoms with E-state index in [0.717, 1.165) is 19.3 Å². The molecular formula is C25H46N4O4S. The summed E-state index contributed by atoms with van der Waals surface area (Å²) >= 11 is 1.44. The Bertz CT molecular complexity index is 676. The highest BCUT2D eigenvalue weighted by Gasteiger charge is 2.33. The van der Waals surface area contributed by atoms with Crippen molar-refractivity contribution in [3.8, 4) is 0 Å². The highest BCUT2D eigenvalue weighted by Crippen LogP contribution is 2.28. The number of aliphatic hydroxyl groups is 1. The summed E-state index contributed by atoms with van der Waals surface area (Å²) in [7, 11) is 0. The van der Waals surface area contributed by atoms with Crippen molar-refractivity contribution >= 4 is 29.6 Å². The Kier molecular flexibility index (Phi) is 11.5. The number of hydrogen-bond donors (Lipinski definition) is 4. The number of urea groups is 1. The van der Waals surface area contributed by atoms with Gasteiger partial charge in [0.05, 0.1) is 24.4 Å². The average Bonchev–Trinajstić information content (AvgIpc) is 2.75. The van der Waals surface area contributed by atoms with Crippen LogP contribution in [0.3, 0.4) is 0 Å². The van der Waals surface area contributed by atoms with Crippen LogP contribution < -0.4 is 16.0 Å². The molecule has 0 radical (unpaired) electrons. The van der Waals surface area contributed by atoms with E-state index in [0.29, 0.717) is 36.3 Å². The topological polar surface area (TPSA) is 111 Å². The van der Waals surface area contributed by atoms with Crippen LogP contribution in [0.5, 0.6) is 0 Å². The van der Waals surface area contributed by atoms with E-state index in [4.69, 9.17) is 0 Å². The Morgan fingerprint density at radius 2 is 1.88 bits per heavy atom. The van der Waals surface area contributed by atoms with Crippen LogP contribution in [0.1, 0.15) is 79.6 Å². The van der Waals surface area contributed by atoms with Crippen LogP contribution in [0.2, 0.25) is 0 Å². The Morgan fingerprint density at radius 3 is 2.47 bits per heavy atom. The molecule has 0 aromatic rings. The quantitative estimate of drug-likeness (QED) is 0.370. The normalized spacial score (nSPS) is 21.5. The zero-order valence-corrected chi connectivity index (χ0v) is 22.5. The number of carbonyl (C=O) groups excluding carboxylic acids is 3. The molecule has 34 heavy (non-hydrogen) atoms. The fraction of sp³-hybridized carbons (Fsp3) is 0.880. The molecule has 1 saturated heterocycles. The second-order valence-corrected chi connectivity index (χ2v) is 12.4. The van der Waals surface area contributed by atoms with Crippen LogP contribution in [-0.2, 0) is 9.59 Å². The maximum Gasteiger partial charge on any atom is 0.317 e. The number of hydrogen-bond acceptors (Lipinski definition) is 5. The first-order valence-electron chi connectivity index (χ1n) is 12.9. The monoisotopic (exact) mass is 498 g/mol. The van der Waals surface area contributed by atoms with Crippen LogP contribution in [-0.4, -0.2) is 76.2 Å². The molecule has 0 bridgehead atoms. The lowest BCUT2D eigenvalue weighted by Gasteiger charge is -2.35. The van der Waals surface area contributed by atoms with E-state index in [-0.39, 0.29) is 29.9 Å². The molecule has 196 valence electrons. The zero-order chi connectivity index (χ0) is 25.3. The number of nitrogens with one attached hydrogen (secondary N) is 3. The minimum Gasteiger partial charge on any atom is -0.389 e. The van der Waals surface area contributed by atoms with E-state index in [2.05, 4.69) is 29.8 Å². The van der Waals surface area contributed by atoms with E-state index in [1.165, 1.54) is 31.0 Å². The number of nitrogens with zero attached hydrogens (tertiary/aromatic N) is 1. The molecular weight excluding hydrogens is 452 g/mol. The molecule has 2 rings (SSSR count). The maximum absolute atomic E-state index is 13.0. The summed E-state index contributed by atoms with van der Waals surface area (Å²) in [5, 5.41) is 20.1. The zero-order valence-electron chi connectivity index (χ0n) is 21.7. The summed E-state index contributed by atoms with van der Waals surface area (Å²) < 4.78 is 0. The summed E-state index contributed by atoms with van der Waals surface area (Å²) in [6.07, 6.45) is 6.38. The summed E-state index contributed by atoms with van der Waals surface area (Å²) in [5.41, 5.74) is -0.384. The lowest BCUT2D eigenvalue weighted by molar-refractivity contribution is -0.128. The third kappa shape index (κ3) is 10.4. The molecule has 9 heteroatoms. The molecule has 1 unspecified atom stereocenters. The highest BCUT2D eigenvalue weighted by molar-refractivity contribution is 8.00. The lowest BCUT2D eigenvalue weighted by Crippen LogP contribution is -2.58. The molecule has 0 aromatic heterocycles. The van der Waals surface area contributed by atoms with E-state index < -0.39 is 18.2 Å². The van der Waals surface area contributed by atoms with Gasteiger partial charge in [0.25, 0.3) is 0 Å². The van der Waals surface area contributed by atoms with Crippen LogP contribution >= 0.6 is 11.8 Å². The van der Waals surface area contributed by atoms with E-state index in [1.54, 1.807) is 4.90 Å². The van der Waals surface area contributed by atoms with Crippen molar-refractivity contribution < 1.29 is 19.5 Å². The van der Waals surface area contributed by atoms with Gasteiger partial charge in [-0.1, -0.05) is 46.0 Å². The Balaban J connectivity index is 2.11. The van der Waals surface area contributed by atoms with Crippen LogP contribution in [0.25, 0.3) is 0 Å². The van der Waals surface area contributed by atoms with Gasteiger partial charge in [0, 0.05) is 17.8 Å². The van der Waals surface area contributed by atoms with Crippen LogP contribution in [0.15, 0.2) is 0 Å². The van der Waals surface area contributed by atoms with Gasteiger partial charge < -0.3 is 26.0 Å². The van der Waals surface area contributed by atoms with E-state index in [1.807, 2.05) is 20.8 Å². The van der Waals surface area contributed by atoms with Crippen molar-refractivity contribution in [2.75, 3.05) is 24.6 Å². The Hall–Kier alpha value is -1.48. The van der Waals surface area contributed by atoms with Crippen molar-refractivity contribution in [3.63, 3.8) is 0 Å². The fourth-order valence-electron chi connectivity index (χ4n) is 4.51. The van der Waals surface area contributed by atoms with Gasteiger partial charge in [0.2, 0.25) is 11.8 Å². The first-order valence-corrected chi connectivity index (χ1v) is 14.0. The molecule has 2 aliphatic rings. The van der Waals surface area contributed by atoms with Gasteiger partial charge in [-0.3, -0.25) is 9.59 Å². The van der Waals surface area contributed by atoms with Gasteiger partial charge in [-0.05, 0) is 45.4 Å². The molecule has 4 amide bonds. The lowest BCUT2D eigenvalue weighted by atomic mass is 9.83. The minimum absolute atomic E-state index is 0.139. The molecule has 1 heterocycles. The second-order valence-electron chi connectivity index (χ2n) is 11.4. The molecule has 1 saturated carbocycles. The molecule has 2 fully saturated rings. The number of aliphatic hydroxyl groups excluding tert-OH is 1. The third-order valence-corrected chi connectivity index (χ3v) is 7.46. The van der Waals surface area contributed by atoms with Gasteiger partial charge in [-0.15, -0.1) is 11.8 Å². The molecule has 8 nitrogen and oxygen atoms in total. The summed E-state index contributed by atoms with van der Waals surface area (Å²) in [6, 6.07) is -1.26. The molecule has 0 spiro atoms. The number of amides is 4. The Morgan fingerprint density at radius 1 is 1.21 bits per heavy atom. The van der Waals surface area contributed by atoms with E-state index in [9.17, 15) is 19.5 Å². The molecule has 4 N–H and O–H groups in total. The molecule has 3 atom stereocenters. The van der Waals surface area contributed by atoms with Gasteiger partial charge in [0.15, 0.2) is 0 Å². The average molecular weight is 499 g/mol. The van der Waals surface area contributed by atoms with Gasteiger partial charge >= 0.3 is 6.03 Å². The first-order chi connectivity index (χ1) is 15.9. The SMILES string of the molecule is CC(C)CCN(C[C@@H](O)[C@H](CC1CCCCC1)NC(=O)C1CSCC(=O)N1)C(=O)NC(C)(C)C. The van der Waals surface area contributed by atoms with E-state index >= 15 is 0 Å². The fourth-order valence-corrected chi connectivity index (χ4v) is 5.37. The number of carbonyl (C=O) groups is 3. The molecule has 1 aliphatic heterocycles. The van der Waals surface area contributed by atoms with Crippen molar-refractivity contribution in [1.29, 1.82) is 0 Å². The summed E-state index contributed by atoms with van der Waals surface area (Å²) in [5.74, 6) is 1.36. The van der Waals surface area contributed by atoms with Gasteiger partial charge in [-0.25, -0.2) is 4.79 Å². The smallest absolute Gasteiger partial charge is 0.317 e. The van der Waals surface area contributed by atoms with Crippen molar-refractivity contribution in [1.82, 2.24) is 20.9 Å². The minimum atomic E-state index is -0.893. The standard InChI is InChI=1S/C25H46N4O4S/c1-17(2)11-12-29(24(33)28-25(3,4)5)14-21(30)19(13-18-9-7-6-8-10-18)27-23(32)20-15-34-16-22(31)26-20/h17-21,30H,6-16H2,1-5H3,(H,26,31)(H,27,32)(H,28,33)/t19-,20?,21+/m0/s1. The van der Waals surface area contributed by atoms with Crippen molar-refractivity contribution in [2.45, 2.75) is 103 Å². The summed E-state index contributed by atoms with van der Waals surface area (Å²) in [4.78, 5) is 39.4.